The van der Waals surface area contributed by atoms with E-state index in [0.717, 1.165) is 25.7 Å². The SMILES string of the molecule is CCCCCCCCCCCCCC(CC)CC(=O)N(CCCCCCCCCCCC)CC(O)CO. The van der Waals surface area contributed by atoms with Crippen molar-refractivity contribution in [3.05, 3.63) is 0 Å². The summed E-state index contributed by atoms with van der Waals surface area (Å²) in [5.41, 5.74) is 0. The van der Waals surface area contributed by atoms with Gasteiger partial charge in [0, 0.05) is 19.5 Å². The van der Waals surface area contributed by atoms with Crippen LogP contribution in [0.5, 0.6) is 0 Å². The Morgan fingerprint density at radius 2 is 1.03 bits per heavy atom. The van der Waals surface area contributed by atoms with Crippen LogP contribution in [0.3, 0.4) is 0 Å². The molecule has 0 aliphatic rings. The number of aliphatic hydroxyl groups excluding tert-OH is 2. The van der Waals surface area contributed by atoms with E-state index in [1.54, 1.807) is 0 Å². The van der Waals surface area contributed by atoms with Gasteiger partial charge in [0.1, 0.15) is 0 Å². The molecule has 222 valence electrons. The van der Waals surface area contributed by atoms with Gasteiger partial charge in [0.15, 0.2) is 0 Å². The molecular weight excluding hydrogens is 458 g/mol. The third-order valence-electron chi connectivity index (χ3n) is 8.03. The van der Waals surface area contributed by atoms with Gasteiger partial charge in [-0.15, -0.1) is 0 Å². The Kier molecular flexibility index (Phi) is 27.9. The molecule has 2 unspecified atom stereocenters. The van der Waals surface area contributed by atoms with Gasteiger partial charge in [0.2, 0.25) is 5.91 Å². The zero-order valence-corrected chi connectivity index (χ0v) is 25.5. The van der Waals surface area contributed by atoms with E-state index in [9.17, 15) is 15.0 Å². The second-order valence-electron chi connectivity index (χ2n) is 11.7. The van der Waals surface area contributed by atoms with Crippen LogP contribution < -0.4 is 0 Å². The third kappa shape index (κ3) is 24.2. The molecule has 0 heterocycles. The first-order chi connectivity index (χ1) is 18.1. The van der Waals surface area contributed by atoms with E-state index in [0.29, 0.717) is 18.9 Å². The van der Waals surface area contributed by atoms with Crippen LogP contribution in [0.25, 0.3) is 0 Å². The van der Waals surface area contributed by atoms with Crippen molar-refractivity contribution in [2.45, 2.75) is 181 Å². The Morgan fingerprint density at radius 3 is 1.43 bits per heavy atom. The zero-order valence-electron chi connectivity index (χ0n) is 25.5. The number of amides is 1. The molecule has 0 rings (SSSR count). The first-order valence-electron chi connectivity index (χ1n) is 16.7. The van der Waals surface area contributed by atoms with E-state index >= 15 is 0 Å². The standard InChI is InChI=1S/C33H67NO3/c1-4-7-9-11-13-15-17-18-20-22-24-26-31(6-3)28-33(37)34(29-32(36)30-35)27-25-23-21-19-16-14-12-10-8-5-2/h31-32,35-36H,4-30H2,1-3H3. The molecule has 0 aromatic carbocycles. The second-order valence-corrected chi connectivity index (χ2v) is 11.7. The molecule has 0 aromatic heterocycles. The molecule has 0 saturated heterocycles. The summed E-state index contributed by atoms with van der Waals surface area (Å²) in [6.45, 7) is 7.43. The fourth-order valence-corrected chi connectivity index (χ4v) is 5.34. The minimum Gasteiger partial charge on any atom is -0.394 e. The lowest BCUT2D eigenvalue weighted by molar-refractivity contribution is -0.134. The van der Waals surface area contributed by atoms with Crippen molar-refractivity contribution in [3.63, 3.8) is 0 Å². The summed E-state index contributed by atoms with van der Waals surface area (Å²) in [6.07, 6.45) is 29.6. The number of carbonyl (C=O) groups excluding carboxylic acids is 1. The third-order valence-corrected chi connectivity index (χ3v) is 8.03. The number of hydrogen-bond acceptors (Lipinski definition) is 3. The molecule has 0 aliphatic carbocycles. The second kappa shape index (κ2) is 28.4. The molecule has 0 saturated carbocycles. The highest BCUT2D eigenvalue weighted by molar-refractivity contribution is 5.76. The Morgan fingerprint density at radius 1 is 0.622 bits per heavy atom. The number of nitrogens with zero attached hydrogens (tertiary/aromatic N) is 1. The Labute approximate surface area is 232 Å². The van der Waals surface area contributed by atoms with Crippen LogP contribution in [0, 0.1) is 5.92 Å². The van der Waals surface area contributed by atoms with E-state index in [2.05, 4.69) is 20.8 Å². The van der Waals surface area contributed by atoms with Crippen molar-refractivity contribution < 1.29 is 15.0 Å². The summed E-state index contributed by atoms with van der Waals surface area (Å²) >= 11 is 0. The van der Waals surface area contributed by atoms with Gasteiger partial charge in [-0.3, -0.25) is 4.79 Å². The van der Waals surface area contributed by atoms with Gasteiger partial charge in [-0.1, -0.05) is 156 Å². The summed E-state index contributed by atoms with van der Waals surface area (Å²) in [7, 11) is 0. The topological polar surface area (TPSA) is 60.8 Å². The van der Waals surface area contributed by atoms with Gasteiger partial charge < -0.3 is 15.1 Å². The normalized spacial score (nSPS) is 13.1. The average Bonchev–Trinajstić information content (AvgIpc) is 2.91. The average molecular weight is 526 g/mol. The zero-order chi connectivity index (χ0) is 27.4. The lowest BCUT2D eigenvalue weighted by Crippen LogP contribution is -2.40. The molecule has 0 bridgehead atoms. The number of hydrogen-bond donors (Lipinski definition) is 2. The van der Waals surface area contributed by atoms with Gasteiger partial charge in [-0.05, 0) is 18.8 Å². The Bertz CT molecular complexity index is 470. The van der Waals surface area contributed by atoms with E-state index in [1.807, 2.05) is 4.90 Å². The van der Waals surface area contributed by atoms with E-state index in [4.69, 9.17) is 0 Å². The molecular formula is C33H67NO3. The van der Waals surface area contributed by atoms with Gasteiger partial charge in [-0.2, -0.15) is 0 Å². The highest BCUT2D eigenvalue weighted by atomic mass is 16.3. The number of unbranched alkanes of at least 4 members (excludes halogenated alkanes) is 19. The van der Waals surface area contributed by atoms with Gasteiger partial charge >= 0.3 is 0 Å². The van der Waals surface area contributed by atoms with Crippen molar-refractivity contribution in [3.8, 4) is 0 Å². The number of rotatable bonds is 29. The predicted octanol–water partition coefficient (Wildman–Crippen LogP) is 9.21. The van der Waals surface area contributed by atoms with E-state index in [-0.39, 0.29) is 19.1 Å². The van der Waals surface area contributed by atoms with Crippen LogP contribution in [-0.4, -0.2) is 46.8 Å². The largest absolute Gasteiger partial charge is 0.394 e. The van der Waals surface area contributed by atoms with Gasteiger partial charge in [0.25, 0.3) is 0 Å². The highest BCUT2D eigenvalue weighted by Crippen LogP contribution is 2.20. The minimum absolute atomic E-state index is 0.165. The highest BCUT2D eigenvalue weighted by Gasteiger charge is 2.20. The summed E-state index contributed by atoms with van der Waals surface area (Å²) in [6, 6.07) is 0. The lowest BCUT2D eigenvalue weighted by atomic mass is 9.94. The van der Waals surface area contributed by atoms with Crippen LogP contribution in [0.1, 0.15) is 175 Å². The van der Waals surface area contributed by atoms with Gasteiger partial charge in [-0.25, -0.2) is 0 Å². The monoisotopic (exact) mass is 526 g/mol. The maximum absolute atomic E-state index is 13.1. The van der Waals surface area contributed by atoms with Crippen LogP contribution in [0.4, 0.5) is 0 Å². The van der Waals surface area contributed by atoms with Gasteiger partial charge in [0.05, 0.1) is 12.7 Å². The molecule has 0 fully saturated rings. The smallest absolute Gasteiger partial charge is 0.222 e. The minimum atomic E-state index is -0.834. The Hall–Kier alpha value is -0.610. The van der Waals surface area contributed by atoms with E-state index in [1.165, 1.54) is 122 Å². The molecule has 2 atom stereocenters. The van der Waals surface area contributed by atoms with Crippen molar-refractivity contribution in [2.24, 2.45) is 5.92 Å². The molecule has 0 aromatic rings. The van der Waals surface area contributed by atoms with Crippen LogP contribution in [0.2, 0.25) is 0 Å². The molecule has 2 N–H and O–H groups in total. The van der Waals surface area contributed by atoms with Crippen LogP contribution in [0.15, 0.2) is 0 Å². The maximum Gasteiger partial charge on any atom is 0.222 e. The molecule has 4 heteroatoms. The van der Waals surface area contributed by atoms with E-state index < -0.39 is 6.10 Å². The Balaban J connectivity index is 4.10. The maximum atomic E-state index is 13.1. The van der Waals surface area contributed by atoms with Crippen LogP contribution >= 0.6 is 0 Å². The summed E-state index contributed by atoms with van der Waals surface area (Å²) < 4.78 is 0. The summed E-state index contributed by atoms with van der Waals surface area (Å²) in [5.74, 6) is 0.603. The lowest BCUT2D eigenvalue weighted by Gasteiger charge is -2.27. The molecule has 0 spiro atoms. The fraction of sp³-hybridized carbons (Fsp3) is 0.970. The van der Waals surface area contributed by atoms with Crippen LogP contribution in [-0.2, 0) is 4.79 Å². The number of aliphatic hydroxyl groups is 2. The summed E-state index contributed by atoms with van der Waals surface area (Å²) in [4.78, 5) is 14.9. The quantitative estimate of drug-likeness (QED) is 0.0957. The molecule has 0 radical (unpaired) electrons. The molecule has 37 heavy (non-hydrogen) atoms. The molecule has 0 aliphatic heterocycles. The number of carbonyl (C=O) groups is 1. The molecule has 1 amide bonds. The first-order valence-corrected chi connectivity index (χ1v) is 16.7. The van der Waals surface area contributed by atoms with Crippen molar-refractivity contribution in [1.82, 2.24) is 4.90 Å². The summed E-state index contributed by atoms with van der Waals surface area (Å²) in [5, 5.41) is 19.3. The predicted molar refractivity (Wildman–Crippen MR) is 161 cm³/mol. The molecule has 4 nitrogen and oxygen atoms in total. The van der Waals surface area contributed by atoms with Crippen molar-refractivity contribution in [2.75, 3.05) is 19.7 Å². The van der Waals surface area contributed by atoms with Crippen molar-refractivity contribution >= 4 is 5.91 Å². The fourth-order valence-electron chi connectivity index (χ4n) is 5.34. The first kappa shape index (κ1) is 36.4. The van der Waals surface area contributed by atoms with Crippen molar-refractivity contribution in [1.29, 1.82) is 0 Å².